The third kappa shape index (κ3) is 6.93. The number of ether oxygens (including phenoxy) is 1. The molecule has 1 aromatic carbocycles. The highest BCUT2D eigenvalue weighted by molar-refractivity contribution is 14.3. The van der Waals surface area contributed by atoms with Crippen molar-refractivity contribution >= 4 is 73.7 Å². The predicted molar refractivity (Wildman–Crippen MR) is 85.6 cm³/mol. The van der Waals surface area contributed by atoms with E-state index in [1.54, 1.807) is 0 Å². The SMILES string of the molecule is O=C(CC(I)(I)I)OCc1ccccc1. The van der Waals surface area contributed by atoms with Crippen molar-refractivity contribution in [2.45, 2.75) is 12.5 Å². The van der Waals surface area contributed by atoms with Crippen LogP contribution in [0.25, 0.3) is 0 Å². The number of alkyl halides is 3. The standard InChI is InChI=1S/C10H9I3O2/c11-10(12,13)6-9(14)15-7-8-4-2-1-3-5-8/h1-5H,6-7H2. The molecule has 0 N–H and O–H groups in total. The molecule has 0 aliphatic carbocycles. The van der Waals surface area contributed by atoms with Gasteiger partial charge in [-0.3, -0.25) is 4.79 Å². The molecule has 0 atom stereocenters. The molecule has 0 aliphatic heterocycles. The first kappa shape index (κ1) is 13.9. The Balaban J connectivity index is 2.35. The largest absolute Gasteiger partial charge is 0.461 e. The van der Waals surface area contributed by atoms with Crippen molar-refractivity contribution in [1.82, 2.24) is 0 Å². The zero-order chi connectivity index (χ0) is 11.3. The first-order chi connectivity index (χ1) is 6.97. The maximum atomic E-state index is 11.4. The zero-order valence-corrected chi connectivity index (χ0v) is 14.2. The molecule has 5 heteroatoms. The number of carbonyl (C=O) groups excluding carboxylic acids is 1. The quantitative estimate of drug-likeness (QED) is 0.326. The molecule has 0 spiro atoms. The average Bonchev–Trinajstić information content (AvgIpc) is 2.14. The molecule has 0 fully saturated rings. The van der Waals surface area contributed by atoms with Crippen LogP contribution in [0.4, 0.5) is 0 Å². The van der Waals surface area contributed by atoms with Gasteiger partial charge in [0, 0.05) is 0 Å². The Hall–Kier alpha value is 0.880. The summed E-state index contributed by atoms with van der Waals surface area (Å²) in [6.45, 7) is 0.361. The second-order valence-electron chi connectivity index (χ2n) is 2.94. The molecule has 0 saturated carbocycles. The summed E-state index contributed by atoms with van der Waals surface area (Å²) >= 11 is 6.66. The van der Waals surface area contributed by atoms with Crippen LogP contribution in [0.1, 0.15) is 12.0 Å². The Morgan fingerprint density at radius 1 is 1.20 bits per heavy atom. The molecule has 0 unspecified atom stereocenters. The highest BCUT2D eigenvalue weighted by Gasteiger charge is 2.22. The number of hydrogen-bond acceptors (Lipinski definition) is 2. The molecule has 2 nitrogen and oxygen atoms in total. The molecular weight excluding hydrogens is 533 g/mol. The molecule has 0 amide bonds. The van der Waals surface area contributed by atoms with Gasteiger partial charge in [-0.15, -0.1) is 0 Å². The van der Waals surface area contributed by atoms with E-state index >= 15 is 0 Å². The molecular formula is C10H9I3O2. The molecule has 0 saturated heterocycles. The fourth-order valence-electron chi connectivity index (χ4n) is 0.953. The van der Waals surface area contributed by atoms with Crippen molar-refractivity contribution in [2.75, 3.05) is 0 Å². The van der Waals surface area contributed by atoms with E-state index in [9.17, 15) is 4.79 Å². The molecule has 1 aromatic rings. The third-order valence-electron chi connectivity index (χ3n) is 1.59. The van der Waals surface area contributed by atoms with E-state index < -0.39 is 0 Å². The number of esters is 1. The van der Waals surface area contributed by atoms with Crippen LogP contribution in [0.5, 0.6) is 0 Å². The van der Waals surface area contributed by atoms with Gasteiger partial charge in [0.1, 0.15) is 6.04 Å². The lowest BCUT2D eigenvalue weighted by molar-refractivity contribution is -0.144. The zero-order valence-electron chi connectivity index (χ0n) is 7.75. The van der Waals surface area contributed by atoms with E-state index in [0.717, 1.165) is 5.56 Å². The molecule has 15 heavy (non-hydrogen) atoms. The number of hydrogen-bond donors (Lipinski definition) is 0. The van der Waals surface area contributed by atoms with Crippen molar-refractivity contribution in [3.63, 3.8) is 0 Å². The average molecular weight is 542 g/mol. The van der Waals surface area contributed by atoms with E-state index in [2.05, 4.69) is 67.8 Å². The summed E-state index contributed by atoms with van der Waals surface area (Å²) in [6.07, 6.45) is 0.418. The van der Waals surface area contributed by atoms with E-state index in [1.807, 2.05) is 30.3 Å². The van der Waals surface area contributed by atoms with Crippen LogP contribution < -0.4 is 0 Å². The van der Waals surface area contributed by atoms with Crippen LogP contribution >= 0.6 is 67.8 Å². The molecule has 1 rings (SSSR count). The Kier molecular flexibility index (Phi) is 6.11. The summed E-state index contributed by atoms with van der Waals surface area (Å²) in [4.78, 5) is 11.4. The highest BCUT2D eigenvalue weighted by Crippen LogP contribution is 2.39. The van der Waals surface area contributed by atoms with Crippen molar-refractivity contribution in [3.8, 4) is 0 Å². The van der Waals surface area contributed by atoms with Gasteiger partial charge in [0.05, 0.1) is 6.42 Å². The minimum atomic E-state index is -0.156. The van der Waals surface area contributed by atoms with Crippen molar-refractivity contribution in [1.29, 1.82) is 0 Å². The first-order valence-electron chi connectivity index (χ1n) is 4.24. The van der Waals surface area contributed by atoms with E-state index in [1.165, 1.54) is 0 Å². The van der Waals surface area contributed by atoms with Crippen LogP contribution in [0.15, 0.2) is 30.3 Å². The summed E-state index contributed by atoms with van der Waals surface area (Å²) in [5.41, 5.74) is 1.02. The van der Waals surface area contributed by atoms with Crippen LogP contribution in [-0.2, 0) is 16.1 Å². The van der Waals surface area contributed by atoms with Crippen LogP contribution in [0.3, 0.4) is 0 Å². The van der Waals surface area contributed by atoms with Gasteiger partial charge in [-0.1, -0.05) is 98.1 Å². The molecule has 0 bridgehead atoms. The van der Waals surface area contributed by atoms with Gasteiger partial charge in [0.15, 0.2) is 0 Å². The summed E-state index contributed by atoms with van der Waals surface area (Å²) in [7, 11) is 0. The van der Waals surface area contributed by atoms with Gasteiger partial charge >= 0.3 is 5.97 Å². The summed E-state index contributed by atoms with van der Waals surface area (Å²) in [6, 6.07) is 9.69. The number of halogens is 3. The van der Waals surface area contributed by atoms with Gasteiger partial charge in [0.2, 0.25) is 0 Å². The number of rotatable bonds is 4. The van der Waals surface area contributed by atoms with Gasteiger partial charge in [0.25, 0.3) is 0 Å². The maximum Gasteiger partial charge on any atom is 0.309 e. The minimum absolute atomic E-state index is 0.0962. The summed E-state index contributed by atoms with van der Waals surface area (Å²) in [5.74, 6) is -0.156. The van der Waals surface area contributed by atoms with Crippen molar-refractivity contribution in [3.05, 3.63) is 35.9 Å². The second kappa shape index (κ2) is 6.58. The normalized spacial score (nSPS) is 11.1. The maximum absolute atomic E-state index is 11.4. The van der Waals surface area contributed by atoms with Crippen LogP contribution in [0, 0.1) is 0 Å². The second-order valence-corrected chi connectivity index (χ2v) is 14.7. The van der Waals surface area contributed by atoms with Gasteiger partial charge in [-0.25, -0.2) is 0 Å². The molecule has 0 heterocycles. The summed E-state index contributed by atoms with van der Waals surface area (Å²) in [5, 5.41) is 0. The van der Waals surface area contributed by atoms with E-state index in [4.69, 9.17) is 4.74 Å². The molecule has 0 aromatic heterocycles. The van der Waals surface area contributed by atoms with Crippen molar-refractivity contribution in [2.24, 2.45) is 0 Å². The first-order valence-corrected chi connectivity index (χ1v) is 7.47. The Bertz CT molecular complexity index is 319. The Morgan fingerprint density at radius 2 is 1.80 bits per heavy atom. The third-order valence-corrected chi connectivity index (χ3v) is 2.73. The number of carbonyl (C=O) groups is 1. The fourth-order valence-corrected chi connectivity index (χ4v) is 1.89. The molecule has 82 valence electrons. The van der Waals surface area contributed by atoms with E-state index in [-0.39, 0.29) is 5.40 Å². The Labute approximate surface area is 130 Å². The minimum Gasteiger partial charge on any atom is -0.461 e. The van der Waals surface area contributed by atoms with Crippen LogP contribution in [0.2, 0.25) is 0 Å². The molecule has 0 radical (unpaired) electrons. The smallest absolute Gasteiger partial charge is 0.309 e. The van der Waals surface area contributed by atoms with Crippen LogP contribution in [-0.4, -0.2) is 5.40 Å². The van der Waals surface area contributed by atoms with Crippen molar-refractivity contribution < 1.29 is 9.53 Å². The van der Waals surface area contributed by atoms with Gasteiger partial charge in [-0.2, -0.15) is 0 Å². The lowest BCUT2D eigenvalue weighted by atomic mass is 10.2. The predicted octanol–water partition coefficient (Wildman–Crippen LogP) is 4.08. The Morgan fingerprint density at radius 3 is 2.33 bits per heavy atom. The fraction of sp³-hybridized carbons (Fsp3) is 0.300. The lowest BCUT2D eigenvalue weighted by Crippen LogP contribution is -2.12. The number of benzene rings is 1. The summed E-state index contributed by atoms with van der Waals surface area (Å²) < 4.78 is 5.05. The topological polar surface area (TPSA) is 26.3 Å². The van der Waals surface area contributed by atoms with E-state index in [0.29, 0.717) is 13.0 Å². The monoisotopic (exact) mass is 542 g/mol. The molecule has 0 aliphatic rings. The van der Waals surface area contributed by atoms with Gasteiger partial charge < -0.3 is 4.74 Å². The lowest BCUT2D eigenvalue weighted by Gasteiger charge is -2.11. The van der Waals surface area contributed by atoms with Gasteiger partial charge in [-0.05, 0) is 5.56 Å². The highest BCUT2D eigenvalue weighted by atomic mass is 127.